The number of amidine groups is 1. The number of hydrogen-bond donors (Lipinski definition) is 1. The van der Waals surface area contributed by atoms with Crippen LogP contribution in [0.2, 0.25) is 5.02 Å². The summed E-state index contributed by atoms with van der Waals surface area (Å²) in [7, 11) is 1.54. The molecule has 1 aliphatic heterocycles. The van der Waals surface area contributed by atoms with E-state index in [4.69, 9.17) is 16.3 Å². The number of benzene rings is 2. The van der Waals surface area contributed by atoms with Crippen LogP contribution in [0.15, 0.2) is 47.5 Å². The van der Waals surface area contributed by atoms with Gasteiger partial charge in [0.15, 0.2) is 5.17 Å². The third kappa shape index (κ3) is 4.92. The zero-order valence-corrected chi connectivity index (χ0v) is 18.0. The van der Waals surface area contributed by atoms with Crippen molar-refractivity contribution in [2.45, 2.75) is 25.5 Å². The van der Waals surface area contributed by atoms with E-state index in [1.807, 2.05) is 38.1 Å². The minimum atomic E-state index is -0.524. The van der Waals surface area contributed by atoms with E-state index >= 15 is 0 Å². The van der Waals surface area contributed by atoms with Crippen molar-refractivity contribution >= 4 is 51.7 Å². The van der Waals surface area contributed by atoms with Crippen LogP contribution in [-0.2, 0) is 9.59 Å². The molecule has 0 radical (unpaired) electrons. The van der Waals surface area contributed by atoms with Gasteiger partial charge in [-0.05, 0) is 43.7 Å². The second-order valence-electron chi connectivity index (χ2n) is 6.47. The van der Waals surface area contributed by atoms with Crippen LogP contribution in [0, 0.1) is 6.92 Å². The van der Waals surface area contributed by atoms with Crippen molar-refractivity contribution in [1.29, 1.82) is 0 Å². The molecule has 1 fully saturated rings. The van der Waals surface area contributed by atoms with Crippen molar-refractivity contribution in [3.05, 3.63) is 53.1 Å². The molecule has 1 saturated heterocycles. The van der Waals surface area contributed by atoms with Gasteiger partial charge in [0.05, 0.1) is 18.5 Å². The smallest absolute Gasteiger partial charge is 0.242 e. The van der Waals surface area contributed by atoms with E-state index in [1.165, 1.54) is 11.8 Å². The van der Waals surface area contributed by atoms with E-state index in [0.29, 0.717) is 33.9 Å². The number of carbonyl (C=O) groups excluding carboxylic acids is 2. The summed E-state index contributed by atoms with van der Waals surface area (Å²) in [6, 6.07) is 12.7. The van der Waals surface area contributed by atoms with E-state index in [1.54, 1.807) is 30.2 Å². The summed E-state index contributed by atoms with van der Waals surface area (Å²) in [5, 5.41) is 3.49. The van der Waals surface area contributed by atoms with Crippen LogP contribution in [0.3, 0.4) is 0 Å². The Labute approximate surface area is 179 Å². The molecule has 1 heterocycles. The number of para-hydroxylation sites is 2. The Balaban J connectivity index is 1.73. The minimum Gasteiger partial charge on any atom is -0.495 e. The number of aryl methyl sites for hydroxylation is 1. The number of hydrogen-bond acceptors (Lipinski definition) is 5. The molecule has 0 saturated carbocycles. The molecule has 1 unspecified atom stereocenters. The maximum atomic E-state index is 12.8. The van der Waals surface area contributed by atoms with Crippen molar-refractivity contribution < 1.29 is 14.3 Å². The van der Waals surface area contributed by atoms with Gasteiger partial charge in [-0.1, -0.05) is 41.6 Å². The van der Waals surface area contributed by atoms with E-state index in [-0.39, 0.29) is 18.2 Å². The molecule has 2 aromatic rings. The van der Waals surface area contributed by atoms with Crippen LogP contribution in [0.25, 0.3) is 0 Å². The van der Waals surface area contributed by atoms with Crippen LogP contribution in [-0.4, -0.2) is 40.8 Å². The number of rotatable bonds is 6. The second kappa shape index (κ2) is 9.33. The molecule has 0 aliphatic carbocycles. The molecule has 1 N–H and O–H groups in total. The van der Waals surface area contributed by atoms with Gasteiger partial charge in [0, 0.05) is 18.0 Å². The molecule has 1 aliphatic rings. The molecule has 2 amide bonds. The highest BCUT2D eigenvalue weighted by atomic mass is 35.5. The number of amides is 2. The van der Waals surface area contributed by atoms with Crippen LogP contribution in [0.4, 0.5) is 11.4 Å². The number of ether oxygens (including phenoxy) is 1. The summed E-state index contributed by atoms with van der Waals surface area (Å²) in [4.78, 5) is 31.5. The Bertz CT molecular complexity index is 964. The maximum Gasteiger partial charge on any atom is 0.242 e. The lowest BCUT2D eigenvalue weighted by Crippen LogP contribution is -2.33. The molecule has 0 spiro atoms. The van der Waals surface area contributed by atoms with Crippen LogP contribution >= 0.6 is 23.4 Å². The third-order valence-electron chi connectivity index (χ3n) is 4.47. The fourth-order valence-electron chi connectivity index (χ4n) is 2.90. The number of thioether (sulfide) groups is 1. The van der Waals surface area contributed by atoms with E-state index < -0.39 is 5.25 Å². The van der Waals surface area contributed by atoms with E-state index in [9.17, 15) is 9.59 Å². The van der Waals surface area contributed by atoms with Gasteiger partial charge in [-0.25, -0.2) is 4.99 Å². The molecule has 8 heteroatoms. The van der Waals surface area contributed by atoms with Crippen molar-refractivity contribution in [2.24, 2.45) is 4.99 Å². The Morgan fingerprint density at radius 1 is 1.31 bits per heavy atom. The summed E-state index contributed by atoms with van der Waals surface area (Å²) >= 11 is 7.47. The molecule has 3 rings (SSSR count). The van der Waals surface area contributed by atoms with Crippen molar-refractivity contribution in [3.8, 4) is 5.75 Å². The Morgan fingerprint density at radius 2 is 2.07 bits per heavy atom. The zero-order chi connectivity index (χ0) is 21.0. The SMILES string of the molecule is CCN1C(=O)C(CC(=O)Nc2ccccc2OC)SC1=Nc1ccc(C)c(Cl)c1. The first-order valence-electron chi connectivity index (χ1n) is 9.18. The average Bonchev–Trinajstić information content (AvgIpc) is 2.99. The van der Waals surface area contributed by atoms with Crippen molar-refractivity contribution in [2.75, 3.05) is 19.0 Å². The number of nitrogens with one attached hydrogen (secondary N) is 1. The second-order valence-corrected chi connectivity index (χ2v) is 8.05. The van der Waals surface area contributed by atoms with Gasteiger partial charge in [0.2, 0.25) is 11.8 Å². The summed E-state index contributed by atoms with van der Waals surface area (Å²) in [5.41, 5.74) is 2.21. The van der Waals surface area contributed by atoms with Crippen molar-refractivity contribution in [1.82, 2.24) is 4.90 Å². The predicted octanol–water partition coefficient (Wildman–Crippen LogP) is 4.64. The van der Waals surface area contributed by atoms with Gasteiger partial charge in [-0.15, -0.1) is 0 Å². The summed E-state index contributed by atoms with van der Waals surface area (Å²) in [6.07, 6.45) is 0.0473. The zero-order valence-electron chi connectivity index (χ0n) is 16.4. The van der Waals surface area contributed by atoms with Gasteiger partial charge in [-0.3, -0.25) is 14.5 Å². The van der Waals surface area contributed by atoms with Gasteiger partial charge in [-0.2, -0.15) is 0 Å². The Kier molecular flexibility index (Phi) is 6.82. The molecule has 152 valence electrons. The lowest BCUT2D eigenvalue weighted by molar-refractivity contribution is -0.128. The largest absolute Gasteiger partial charge is 0.495 e. The van der Waals surface area contributed by atoms with Gasteiger partial charge < -0.3 is 10.1 Å². The molecule has 6 nitrogen and oxygen atoms in total. The topological polar surface area (TPSA) is 71.0 Å². The molecule has 0 aromatic heterocycles. The standard InChI is InChI=1S/C21H22ClN3O3S/c1-4-25-20(27)18(12-19(26)24-16-7-5-6-8-17(16)28-3)29-21(25)23-14-10-9-13(2)15(22)11-14/h5-11,18H,4,12H2,1-3H3,(H,24,26). The fraction of sp³-hybridized carbons (Fsp3) is 0.286. The average molecular weight is 432 g/mol. The molecular formula is C21H22ClN3O3S. The maximum absolute atomic E-state index is 12.8. The molecule has 29 heavy (non-hydrogen) atoms. The first-order valence-corrected chi connectivity index (χ1v) is 10.4. The highest BCUT2D eigenvalue weighted by Gasteiger charge is 2.38. The lowest BCUT2D eigenvalue weighted by Gasteiger charge is -2.13. The first-order chi connectivity index (χ1) is 13.9. The quantitative estimate of drug-likeness (QED) is 0.723. The predicted molar refractivity (Wildman–Crippen MR) is 118 cm³/mol. The molecule has 2 aromatic carbocycles. The number of aliphatic imine (C=N–C) groups is 1. The van der Waals surface area contributed by atoms with Crippen molar-refractivity contribution in [3.63, 3.8) is 0 Å². The normalized spacial score (nSPS) is 17.7. The molecule has 0 bridgehead atoms. The minimum absolute atomic E-state index is 0.0473. The number of methoxy groups -OCH3 is 1. The monoisotopic (exact) mass is 431 g/mol. The Morgan fingerprint density at radius 3 is 2.76 bits per heavy atom. The summed E-state index contributed by atoms with van der Waals surface area (Å²) in [5.74, 6) is 0.195. The lowest BCUT2D eigenvalue weighted by atomic mass is 10.2. The Hall–Kier alpha value is -2.51. The fourth-order valence-corrected chi connectivity index (χ4v) is 4.29. The molecule has 1 atom stereocenters. The van der Waals surface area contributed by atoms with Crippen LogP contribution in [0.5, 0.6) is 5.75 Å². The summed E-state index contributed by atoms with van der Waals surface area (Å²) in [6.45, 7) is 4.28. The highest BCUT2D eigenvalue weighted by Crippen LogP contribution is 2.33. The highest BCUT2D eigenvalue weighted by molar-refractivity contribution is 8.15. The molecular weight excluding hydrogens is 410 g/mol. The number of anilines is 1. The number of carbonyl (C=O) groups is 2. The first kappa shape index (κ1) is 21.2. The summed E-state index contributed by atoms with van der Waals surface area (Å²) < 4.78 is 5.25. The number of nitrogens with zero attached hydrogens (tertiary/aromatic N) is 2. The number of halogens is 1. The van der Waals surface area contributed by atoms with Crippen LogP contribution < -0.4 is 10.1 Å². The van der Waals surface area contributed by atoms with Gasteiger partial charge >= 0.3 is 0 Å². The third-order valence-corrected chi connectivity index (χ3v) is 6.05. The van der Waals surface area contributed by atoms with E-state index in [0.717, 1.165) is 5.56 Å². The van der Waals surface area contributed by atoms with E-state index in [2.05, 4.69) is 10.3 Å². The van der Waals surface area contributed by atoms with Gasteiger partial charge in [0.1, 0.15) is 11.0 Å². The van der Waals surface area contributed by atoms with Crippen LogP contribution in [0.1, 0.15) is 18.9 Å². The van der Waals surface area contributed by atoms with Gasteiger partial charge in [0.25, 0.3) is 0 Å².